The maximum atomic E-state index is 11.0. The number of pyridine rings is 1. The molecule has 0 aliphatic heterocycles. The number of para-hydroxylation sites is 1. The maximum absolute atomic E-state index is 11.0. The van der Waals surface area contributed by atoms with Gasteiger partial charge in [0.1, 0.15) is 11.2 Å². The van der Waals surface area contributed by atoms with Gasteiger partial charge in [-0.2, -0.15) is 0 Å². The number of carbonyl (C=O) groups is 1. The number of H-pyrrole nitrogens is 1. The van der Waals surface area contributed by atoms with Crippen molar-refractivity contribution in [1.82, 2.24) is 9.97 Å². The molecular weight excluding hydrogens is 218 g/mol. The zero-order valence-electron chi connectivity index (χ0n) is 8.77. The van der Waals surface area contributed by atoms with E-state index in [0.29, 0.717) is 11.0 Å². The zero-order valence-corrected chi connectivity index (χ0v) is 8.77. The van der Waals surface area contributed by atoms with Crippen molar-refractivity contribution >= 4 is 33.6 Å². The van der Waals surface area contributed by atoms with Gasteiger partial charge in [0.05, 0.1) is 11.1 Å². The number of nitrogens with two attached hydrogens (primary N) is 1. The van der Waals surface area contributed by atoms with E-state index >= 15 is 0 Å². The molecule has 2 heterocycles. The molecule has 0 unspecified atom stereocenters. The second kappa shape index (κ2) is 3.21. The fourth-order valence-corrected chi connectivity index (χ4v) is 2.00. The first-order valence-corrected chi connectivity index (χ1v) is 5.06. The van der Waals surface area contributed by atoms with E-state index in [1.54, 1.807) is 0 Å². The van der Waals surface area contributed by atoms with Gasteiger partial charge < -0.3 is 15.8 Å². The Balaban J connectivity index is 2.52. The van der Waals surface area contributed by atoms with Crippen molar-refractivity contribution in [3.05, 3.63) is 36.0 Å². The molecule has 0 radical (unpaired) electrons. The number of hydrogen-bond acceptors (Lipinski definition) is 3. The standard InChI is InChI=1S/C12H9N3O2/c13-10-7(12(16)17)5-14-11-9(10)6-3-1-2-4-8(6)15-11/h1-5H,(H,16,17)(H3,13,14,15). The van der Waals surface area contributed by atoms with Gasteiger partial charge in [0, 0.05) is 17.1 Å². The summed E-state index contributed by atoms with van der Waals surface area (Å²) in [5, 5.41) is 10.6. The van der Waals surface area contributed by atoms with E-state index in [-0.39, 0.29) is 11.3 Å². The van der Waals surface area contributed by atoms with E-state index in [9.17, 15) is 4.79 Å². The first-order valence-electron chi connectivity index (χ1n) is 5.06. The van der Waals surface area contributed by atoms with E-state index in [0.717, 1.165) is 10.9 Å². The van der Waals surface area contributed by atoms with Crippen molar-refractivity contribution in [1.29, 1.82) is 0 Å². The van der Waals surface area contributed by atoms with Crippen LogP contribution in [0.1, 0.15) is 10.4 Å². The third-order valence-corrected chi connectivity index (χ3v) is 2.80. The number of aromatic carboxylic acids is 1. The Hall–Kier alpha value is -2.56. The van der Waals surface area contributed by atoms with Gasteiger partial charge >= 0.3 is 5.97 Å². The van der Waals surface area contributed by atoms with Crippen LogP contribution in [-0.2, 0) is 0 Å². The normalized spacial score (nSPS) is 11.1. The van der Waals surface area contributed by atoms with Crippen molar-refractivity contribution in [2.75, 3.05) is 5.73 Å². The number of nitrogen functional groups attached to an aromatic ring is 1. The quantitative estimate of drug-likeness (QED) is 0.592. The summed E-state index contributed by atoms with van der Waals surface area (Å²) in [7, 11) is 0. The molecule has 1 aromatic carbocycles. The molecule has 0 bridgehead atoms. The lowest BCUT2D eigenvalue weighted by molar-refractivity contribution is 0.0698. The third-order valence-electron chi connectivity index (χ3n) is 2.80. The molecule has 0 saturated carbocycles. The summed E-state index contributed by atoms with van der Waals surface area (Å²) in [6.45, 7) is 0. The molecule has 0 aliphatic carbocycles. The fourth-order valence-electron chi connectivity index (χ4n) is 2.00. The average molecular weight is 227 g/mol. The Labute approximate surface area is 95.9 Å². The minimum atomic E-state index is -1.07. The highest BCUT2D eigenvalue weighted by Crippen LogP contribution is 2.30. The lowest BCUT2D eigenvalue weighted by Gasteiger charge is -2.01. The van der Waals surface area contributed by atoms with Gasteiger partial charge in [-0.3, -0.25) is 0 Å². The van der Waals surface area contributed by atoms with Crippen LogP contribution in [0.4, 0.5) is 5.69 Å². The smallest absolute Gasteiger partial charge is 0.339 e. The second-order valence-electron chi connectivity index (χ2n) is 3.78. The largest absolute Gasteiger partial charge is 0.478 e. The van der Waals surface area contributed by atoms with E-state index in [1.165, 1.54) is 6.20 Å². The summed E-state index contributed by atoms with van der Waals surface area (Å²) < 4.78 is 0. The molecule has 3 aromatic rings. The molecule has 5 nitrogen and oxygen atoms in total. The molecule has 0 spiro atoms. The van der Waals surface area contributed by atoms with E-state index in [2.05, 4.69) is 9.97 Å². The van der Waals surface area contributed by atoms with Crippen LogP contribution in [0.2, 0.25) is 0 Å². The summed E-state index contributed by atoms with van der Waals surface area (Å²) >= 11 is 0. The second-order valence-corrected chi connectivity index (χ2v) is 3.78. The number of nitrogens with one attached hydrogen (secondary N) is 1. The predicted octanol–water partition coefficient (Wildman–Crippen LogP) is 2.00. The average Bonchev–Trinajstić information content (AvgIpc) is 2.67. The molecule has 0 amide bonds. The number of hydrogen-bond donors (Lipinski definition) is 3. The van der Waals surface area contributed by atoms with Gasteiger partial charge in [-0.1, -0.05) is 18.2 Å². The van der Waals surface area contributed by atoms with Crippen LogP contribution in [0.15, 0.2) is 30.5 Å². The summed E-state index contributed by atoms with van der Waals surface area (Å²) in [6, 6.07) is 7.56. The minimum Gasteiger partial charge on any atom is -0.478 e. The molecule has 84 valence electrons. The molecule has 17 heavy (non-hydrogen) atoms. The summed E-state index contributed by atoms with van der Waals surface area (Å²) in [6.07, 6.45) is 1.27. The molecular formula is C12H9N3O2. The Morgan fingerprint density at radius 1 is 1.35 bits per heavy atom. The number of benzene rings is 1. The fraction of sp³-hybridized carbons (Fsp3) is 0. The molecule has 2 aromatic heterocycles. The molecule has 5 heteroatoms. The number of aromatic nitrogens is 2. The van der Waals surface area contributed by atoms with Crippen molar-refractivity contribution in [2.24, 2.45) is 0 Å². The van der Waals surface area contributed by atoms with E-state index in [1.807, 2.05) is 24.3 Å². The van der Waals surface area contributed by atoms with Crippen LogP contribution in [-0.4, -0.2) is 21.0 Å². The van der Waals surface area contributed by atoms with Crippen molar-refractivity contribution in [2.45, 2.75) is 0 Å². The van der Waals surface area contributed by atoms with Gasteiger partial charge in [0.25, 0.3) is 0 Å². The first kappa shape index (κ1) is 9.65. The van der Waals surface area contributed by atoms with E-state index < -0.39 is 5.97 Å². The maximum Gasteiger partial charge on any atom is 0.339 e. The Bertz CT molecular complexity index is 746. The van der Waals surface area contributed by atoms with Crippen LogP contribution >= 0.6 is 0 Å². The highest BCUT2D eigenvalue weighted by atomic mass is 16.4. The summed E-state index contributed by atoms with van der Waals surface area (Å²) in [5.41, 5.74) is 7.67. The Morgan fingerprint density at radius 3 is 2.88 bits per heavy atom. The molecule has 0 atom stereocenters. The highest BCUT2D eigenvalue weighted by molar-refractivity contribution is 6.15. The summed E-state index contributed by atoms with van der Waals surface area (Å²) in [5.74, 6) is -1.07. The van der Waals surface area contributed by atoms with E-state index in [4.69, 9.17) is 10.8 Å². The molecule has 0 fully saturated rings. The lowest BCUT2D eigenvalue weighted by Crippen LogP contribution is -2.03. The Kier molecular flexibility index (Phi) is 1.82. The SMILES string of the molecule is Nc1c(C(=O)O)cnc2[nH]c3ccccc3c12. The lowest BCUT2D eigenvalue weighted by atomic mass is 10.1. The number of fused-ring (bicyclic) bond motifs is 3. The number of nitrogens with zero attached hydrogens (tertiary/aromatic N) is 1. The number of rotatable bonds is 1. The first-order chi connectivity index (χ1) is 8.18. The summed E-state index contributed by atoms with van der Waals surface area (Å²) in [4.78, 5) is 18.2. The van der Waals surface area contributed by atoms with Gasteiger partial charge in [-0.05, 0) is 6.07 Å². The van der Waals surface area contributed by atoms with Crippen molar-refractivity contribution in [3.63, 3.8) is 0 Å². The Morgan fingerprint density at radius 2 is 2.12 bits per heavy atom. The number of carboxylic acids is 1. The third kappa shape index (κ3) is 1.25. The number of aromatic amines is 1. The van der Waals surface area contributed by atoms with Gasteiger partial charge in [-0.15, -0.1) is 0 Å². The molecule has 3 rings (SSSR count). The topological polar surface area (TPSA) is 92.0 Å². The molecule has 4 N–H and O–H groups in total. The zero-order chi connectivity index (χ0) is 12.0. The van der Waals surface area contributed by atoms with Gasteiger partial charge in [0.15, 0.2) is 0 Å². The van der Waals surface area contributed by atoms with Crippen LogP contribution in [0.25, 0.3) is 21.9 Å². The minimum absolute atomic E-state index is 0.0299. The number of carboxylic acid groups (broad SMARTS) is 1. The monoisotopic (exact) mass is 227 g/mol. The van der Waals surface area contributed by atoms with Gasteiger partial charge in [0.2, 0.25) is 0 Å². The number of anilines is 1. The van der Waals surface area contributed by atoms with Crippen molar-refractivity contribution < 1.29 is 9.90 Å². The predicted molar refractivity (Wildman–Crippen MR) is 65.0 cm³/mol. The molecule has 0 aliphatic rings. The van der Waals surface area contributed by atoms with Gasteiger partial charge in [-0.25, -0.2) is 9.78 Å². The van der Waals surface area contributed by atoms with Crippen LogP contribution in [0.3, 0.4) is 0 Å². The highest BCUT2D eigenvalue weighted by Gasteiger charge is 2.15. The van der Waals surface area contributed by atoms with Crippen LogP contribution in [0.5, 0.6) is 0 Å². The van der Waals surface area contributed by atoms with Crippen molar-refractivity contribution in [3.8, 4) is 0 Å². The van der Waals surface area contributed by atoms with Crippen LogP contribution in [0, 0.1) is 0 Å². The van der Waals surface area contributed by atoms with Crippen LogP contribution < -0.4 is 5.73 Å². The molecule has 0 saturated heterocycles.